The summed E-state index contributed by atoms with van der Waals surface area (Å²) in [6.45, 7) is 8.26. The molecule has 0 aromatic heterocycles. The van der Waals surface area contributed by atoms with Gasteiger partial charge in [-0.3, -0.25) is 9.35 Å². The second-order valence-corrected chi connectivity index (χ2v) is 6.43. The van der Waals surface area contributed by atoms with Gasteiger partial charge in [0.15, 0.2) is 5.78 Å². The summed E-state index contributed by atoms with van der Waals surface area (Å²) in [5.41, 5.74) is 0. The van der Waals surface area contributed by atoms with Crippen LogP contribution >= 0.6 is 0 Å². The van der Waals surface area contributed by atoms with Crippen LogP contribution in [0.1, 0.15) is 40.5 Å². The lowest BCUT2D eigenvalue weighted by Crippen LogP contribution is -2.46. The molecule has 3 atom stereocenters. The number of carbonyl (C=O) groups is 1. The fourth-order valence-electron chi connectivity index (χ4n) is 1.48. The van der Waals surface area contributed by atoms with Gasteiger partial charge in [0.25, 0.3) is 10.1 Å². The molecule has 3 unspecified atom stereocenters. The first-order valence-electron chi connectivity index (χ1n) is 6.43. The molecule has 0 aliphatic rings. The summed E-state index contributed by atoms with van der Waals surface area (Å²) in [5.74, 6) is -0.551. The Morgan fingerprint density at radius 2 is 1.78 bits per heavy atom. The van der Waals surface area contributed by atoms with E-state index in [4.69, 9.17) is 4.55 Å². The lowest BCUT2D eigenvalue weighted by molar-refractivity contribution is -0.124. The van der Waals surface area contributed by atoms with Crippen molar-refractivity contribution in [1.82, 2.24) is 5.32 Å². The van der Waals surface area contributed by atoms with E-state index in [1.807, 2.05) is 20.8 Å². The number of nitrogens with one attached hydrogen (secondary N) is 1. The van der Waals surface area contributed by atoms with E-state index in [9.17, 15) is 13.2 Å². The molecule has 108 valence electrons. The minimum absolute atomic E-state index is 0.154. The standard InChI is InChI=1S/C12H25NO4S/c1-5-9(3)7-13-11(8-18(15,16)17)12(14)10(4)6-2/h9-11,13H,5-8H2,1-4H3,(H,15,16,17). The number of hydrogen-bond donors (Lipinski definition) is 2. The maximum atomic E-state index is 12.0. The average molecular weight is 279 g/mol. The monoisotopic (exact) mass is 279 g/mol. The van der Waals surface area contributed by atoms with E-state index >= 15 is 0 Å². The molecule has 0 rings (SSSR count). The second kappa shape index (κ2) is 7.86. The first-order chi connectivity index (χ1) is 8.21. The van der Waals surface area contributed by atoms with Crippen molar-refractivity contribution in [3.05, 3.63) is 0 Å². The first kappa shape index (κ1) is 17.5. The number of carbonyl (C=O) groups excluding carboxylic acids is 1. The lowest BCUT2D eigenvalue weighted by atomic mass is 9.98. The highest BCUT2D eigenvalue weighted by Gasteiger charge is 2.27. The molecule has 0 saturated heterocycles. The summed E-state index contributed by atoms with van der Waals surface area (Å²) in [4.78, 5) is 12.0. The molecule has 0 saturated carbocycles. The number of hydrogen-bond acceptors (Lipinski definition) is 4. The van der Waals surface area contributed by atoms with Crippen molar-refractivity contribution in [1.29, 1.82) is 0 Å². The Hall–Kier alpha value is -0.460. The van der Waals surface area contributed by atoms with E-state index in [1.165, 1.54) is 0 Å². The van der Waals surface area contributed by atoms with E-state index in [2.05, 4.69) is 5.32 Å². The van der Waals surface area contributed by atoms with Gasteiger partial charge in [0.05, 0.1) is 11.8 Å². The molecule has 0 aliphatic carbocycles. The highest BCUT2D eigenvalue weighted by atomic mass is 32.2. The van der Waals surface area contributed by atoms with Crippen LogP contribution in [-0.4, -0.2) is 37.1 Å². The Bertz CT molecular complexity index is 353. The summed E-state index contributed by atoms with van der Waals surface area (Å²) in [7, 11) is -4.15. The maximum absolute atomic E-state index is 12.0. The van der Waals surface area contributed by atoms with Gasteiger partial charge in [-0.2, -0.15) is 8.42 Å². The normalized spacial score (nSPS) is 17.2. The third-order valence-electron chi connectivity index (χ3n) is 3.23. The van der Waals surface area contributed by atoms with Gasteiger partial charge in [-0.15, -0.1) is 0 Å². The first-order valence-corrected chi connectivity index (χ1v) is 8.04. The smallest absolute Gasteiger partial charge is 0.266 e. The minimum Gasteiger partial charge on any atom is -0.306 e. The predicted octanol–water partition coefficient (Wildman–Crippen LogP) is 1.49. The zero-order valence-electron chi connectivity index (χ0n) is 11.6. The zero-order valence-corrected chi connectivity index (χ0v) is 12.5. The molecule has 18 heavy (non-hydrogen) atoms. The summed E-state index contributed by atoms with van der Waals surface area (Å²) in [6.07, 6.45) is 1.61. The van der Waals surface area contributed by atoms with Gasteiger partial charge < -0.3 is 5.32 Å². The quantitative estimate of drug-likeness (QED) is 0.625. The molecule has 0 radical (unpaired) electrons. The van der Waals surface area contributed by atoms with E-state index in [-0.39, 0.29) is 11.7 Å². The van der Waals surface area contributed by atoms with Crippen molar-refractivity contribution in [3.63, 3.8) is 0 Å². The summed E-state index contributed by atoms with van der Waals surface area (Å²) >= 11 is 0. The summed E-state index contributed by atoms with van der Waals surface area (Å²) < 4.78 is 30.8. The molecule has 5 nitrogen and oxygen atoms in total. The molecule has 2 N–H and O–H groups in total. The van der Waals surface area contributed by atoms with Crippen molar-refractivity contribution in [3.8, 4) is 0 Å². The van der Waals surface area contributed by atoms with Gasteiger partial charge in [-0.1, -0.05) is 34.1 Å². The largest absolute Gasteiger partial charge is 0.306 e. The zero-order chi connectivity index (χ0) is 14.3. The second-order valence-electron chi connectivity index (χ2n) is 4.93. The van der Waals surface area contributed by atoms with Crippen molar-refractivity contribution >= 4 is 15.9 Å². The van der Waals surface area contributed by atoms with Crippen LogP contribution in [0.25, 0.3) is 0 Å². The molecule has 0 fully saturated rings. The van der Waals surface area contributed by atoms with Crippen LogP contribution < -0.4 is 5.32 Å². The van der Waals surface area contributed by atoms with Crippen molar-refractivity contribution in [2.24, 2.45) is 11.8 Å². The highest BCUT2D eigenvalue weighted by Crippen LogP contribution is 2.08. The lowest BCUT2D eigenvalue weighted by Gasteiger charge is -2.21. The molecule has 0 spiro atoms. The van der Waals surface area contributed by atoms with Crippen LogP contribution in [0, 0.1) is 11.8 Å². The van der Waals surface area contributed by atoms with Crippen molar-refractivity contribution < 1.29 is 17.8 Å². The fraction of sp³-hybridized carbons (Fsp3) is 0.917. The van der Waals surface area contributed by atoms with Gasteiger partial charge in [-0.25, -0.2) is 0 Å². The van der Waals surface area contributed by atoms with Gasteiger partial charge in [-0.05, 0) is 18.9 Å². The fourth-order valence-corrected chi connectivity index (χ4v) is 2.19. The Kier molecular flexibility index (Phi) is 7.66. The van der Waals surface area contributed by atoms with Crippen LogP contribution in [0.2, 0.25) is 0 Å². The Balaban J connectivity index is 4.67. The SMILES string of the molecule is CCC(C)CNC(CS(=O)(=O)O)C(=O)C(C)CC. The molecule has 0 aromatic carbocycles. The van der Waals surface area contributed by atoms with Crippen LogP contribution in [0.4, 0.5) is 0 Å². The maximum Gasteiger partial charge on any atom is 0.266 e. The van der Waals surface area contributed by atoms with Crippen LogP contribution in [0.3, 0.4) is 0 Å². The molecule has 0 amide bonds. The Morgan fingerprint density at radius 1 is 1.22 bits per heavy atom. The molecule has 0 aliphatic heterocycles. The topological polar surface area (TPSA) is 83.5 Å². The van der Waals surface area contributed by atoms with Crippen molar-refractivity contribution in [2.45, 2.75) is 46.6 Å². The van der Waals surface area contributed by atoms with Crippen LogP contribution in [-0.2, 0) is 14.9 Å². The van der Waals surface area contributed by atoms with Gasteiger partial charge in [0.2, 0.25) is 0 Å². The van der Waals surface area contributed by atoms with Crippen molar-refractivity contribution in [2.75, 3.05) is 12.3 Å². The van der Waals surface area contributed by atoms with Gasteiger partial charge in [0.1, 0.15) is 0 Å². The molecular weight excluding hydrogens is 254 g/mol. The third kappa shape index (κ3) is 7.08. The third-order valence-corrected chi connectivity index (χ3v) is 3.98. The molecule has 0 bridgehead atoms. The molecule has 6 heteroatoms. The minimum atomic E-state index is -4.15. The molecule has 0 aromatic rings. The number of ketones is 1. The average Bonchev–Trinajstić information content (AvgIpc) is 2.30. The summed E-state index contributed by atoms with van der Waals surface area (Å²) in [6, 6.07) is -0.816. The van der Waals surface area contributed by atoms with E-state index in [0.717, 1.165) is 6.42 Å². The number of Topliss-reactive ketones (excluding diaryl/α,β-unsaturated/α-hetero) is 1. The van der Waals surface area contributed by atoms with Gasteiger partial charge >= 0.3 is 0 Å². The summed E-state index contributed by atoms with van der Waals surface area (Å²) in [5, 5.41) is 2.95. The highest BCUT2D eigenvalue weighted by molar-refractivity contribution is 7.85. The van der Waals surface area contributed by atoms with E-state index in [1.54, 1.807) is 6.92 Å². The Morgan fingerprint density at radius 3 is 2.17 bits per heavy atom. The van der Waals surface area contributed by atoms with Crippen LogP contribution in [0.5, 0.6) is 0 Å². The predicted molar refractivity (Wildman–Crippen MR) is 72.1 cm³/mol. The number of rotatable bonds is 9. The molecule has 0 heterocycles. The Labute approximate surface area is 110 Å². The van der Waals surface area contributed by atoms with Crippen LogP contribution in [0.15, 0.2) is 0 Å². The van der Waals surface area contributed by atoms with E-state index in [0.29, 0.717) is 18.9 Å². The van der Waals surface area contributed by atoms with Gasteiger partial charge in [0, 0.05) is 5.92 Å². The molecular formula is C12H25NO4S. The van der Waals surface area contributed by atoms with E-state index < -0.39 is 21.9 Å².